The number of ether oxygens (including phenoxy) is 1. The number of carbonyl (C=O) groups is 1. The summed E-state index contributed by atoms with van der Waals surface area (Å²) in [6, 6.07) is 8.77. The minimum atomic E-state index is -1.31. The fraction of sp³-hybridized carbons (Fsp3) is 0.0769. The van der Waals surface area contributed by atoms with Crippen LogP contribution in [-0.2, 0) is 0 Å². The Morgan fingerprint density at radius 1 is 1.33 bits per heavy atom. The van der Waals surface area contributed by atoms with Crippen molar-refractivity contribution < 1.29 is 19.0 Å². The first-order valence-electron chi connectivity index (χ1n) is 5.20. The van der Waals surface area contributed by atoms with E-state index in [1.807, 2.05) is 0 Å². The fourth-order valence-corrected chi connectivity index (χ4v) is 1.43. The molecule has 0 bridgehead atoms. The van der Waals surface area contributed by atoms with Gasteiger partial charge in [0.2, 0.25) is 5.88 Å². The molecular formula is C13H10FNO3. The van der Waals surface area contributed by atoms with Crippen LogP contribution in [0.2, 0.25) is 0 Å². The number of halogens is 1. The number of rotatable bonds is 3. The molecule has 1 aromatic carbocycles. The number of carboxylic acids is 1. The molecule has 92 valence electrons. The van der Waals surface area contributed by atoms with Crippen LogP contribution in [0.4, 0.5) is 4.39 Å². The van der Waals surface area contributed by atoms with Gasteiger partial charge in [0.1, 0.15) is 11.6 Å². The van der Waals surface area contributed by atoms with E-state index in [0.717, 1.165) is 17.8 Å². The molecule has 18 heavy (non-hydrogen) atoms. The molecule has 0 saturated carbocycles. The van der Waals surface area contributed by atoms with Crippen LogP contribution in [-0.4, -0.2) is 16.1 Å². The van der Waals surface area contributed by atoms with Crippen molar-refractivity contribution in [3.05, 3.63) is 53.5 Å². The van der Waals surface area contributed by atoms with Gasteiger partial charge in [0.25, 0.3) is 0 Å². The SMILES string of the molecule is Cc1cccc(Oc2ccc(C(=O)O)c(F)c2)n1. The summed E-state index contributed by atoms with van der Waals surface area (Å²) in [6.45, 7) is 1.81. The van der Waals surface area contributed by atoms with Crippen LogP contribution in [0.25, 0.3) is 0 Å². The Labute approximate surface area is 103 Å². The molecule has 0 radical (unpaired) electrons. The average molecular weight is 247 g/mol. The normalized spacial score (nSPS) is 10.1. The number of carboxylic acid groups (broad SMARTS) is 1. The monoisotopic (exact) mass is 247 g/mol. The summed E-state index contributed by atoms with van der Waals surface area (Å²) in [7, 11) is 0. The molecule has 2 rings (SSSR count). The van der Waals surface area contributed by atoms with Crippen molar-refractivity contribution in [2.24, 2.45) is 0 Å². The van der Waals surface area contributed by atoms with Crippen LogP contribution >= 0.6 is 0 Å². The van der Waals surface area contributed by atoms with E-state index < -0.39 is 11.8 Å². The Morgan fingerprint density at radius 2 is 2.11 bits per heavy atom. The van der Waals surface area contributed by atoms with Crippen molar-refractivity contribution in [3.8, 4) is 11.6 Å². The van der Waals surface area contributed by atoms with Crippen molar-refractivity contribution in [1.82, 2.24) is 4.98 Å². The lowest BCUT2D eigenvalue weighted by atomic mass is 10.2. The number of aromatic nitrogens is 1. The summed E-state index contributed by atoms with van der Waals surface area (Å²) in [5.41, 5.74) is 0.384. The summed E-state index contributed by atoms with van der Waals surface area (Å²) in [5.74, 6) is -1.62. The zero-order chi connectivity index (χ0) is 13.1. The molecule has 4 nitrogen and oxygen atoms in total. The molecule has 0 atom stereocenters. The molecule has 1 aromatic heterocycles. The van der Waals surface area contributed by atoms with E-state index in [-0.39, 0.29) is 11.3 Å². The van der Waals surface area contributed by atoms with Crippen molar-refractivity contribution >= 4 is 5.97 Å². The average Bonchev–Trinajstić information content (AvgIpc) is 2.28. The van der Waals surface area contributed by atoms with Crippen molar-refractivity contribution in [2.75, 3.05) is 0 Å². The summed E-state index contributed by atoms with van der Waals surface area (Å²) >= 11 is 0. The third-order valence-corrected chi connectivity index (χ3v) is 2.26. The van der Waals surface area contributed by atoms with Gasteiger partial charge in [-0.2, -0.15) is 0 Å². The molecule has 0 aliphatic rings. The van der Waals surface area contributed by atoms with Crippen molar-refractivity contribution in [1.29, 1.82) is 0 Å². The molecule has 0 amide bonds. The number of hydrogen-bond donors (Lipinski definition) is 1. The van der Waals surface area contributed by atoms with Crippen LogP contribution in [0.5, 0.6) is 11.6 Å². The molecule has 0 fully saturated rings. The van der Waals surface area contributed by atoms with E-state index >= 15 is 0 Å². The van der Waals surface area contributed by atoms with Gasteiger partial charge in [-0.1, -0.05) is 6.07 Å². The molecule has 0 aliphatic carbocycles. The summed E-state index contributed by atoms with van der Waals surface area (Å²) in [4.78, 5) is 14.7. The highest BCUT2D eigenvalue weighted by Crippen LogP contribution is 2.22. The summed E-state index contributed by atoms with van der Waals surface area (Å²) in [6.07, 6.45) is 0. The third-order valence-electron chi connectivity index (χ3n) is 2.26. The van der Waals surface area contributed by atoms with E-state index in [9.17, 15) is 9.18 Å². The lowest BCUT2D eigenvalue weighted by molar-refractivity contribution is 0.0692. The molecule has 2 aromatic rings. The van der Waals surface area contributed by atoms with Crippen molar-refractivity contribution in [2.45, 2.75) is 6.92 Å². The molecule has 0 unspecified atom stereocenters. The quantitative estimate of drug-likeness (QED) is 0.905. The predicted octanol–water partition coefficient (Wildman–Crippen LogP) is 3.02. The van der Waals surface area contributed by atoms with Crippen LogP contribution in [0, 0.1) is 12.7 Å². The summed E-state index contributed by atoms with van der Waals surface area (Å²) in [5, 5.41) is 8.69. The highest BCUT2D eigenvalue weighted by molar-refractivity contribution is 5.88. The second-order valence-corrected chi connectivity index (χ2v) is 3.67. The molecular weight excluding hydrogens is 237 g/mol. The van der Waals surface area contributed by atoms with E-state index in [2.05, 4.69) is 4.98 Å². The first-order valence-corrected chi connectivity index (χ1v) is 5.20. The Kier molecular flexibility index (Phi) is 3.23. The van der Waals surface area contributed by atoms with Crippen LogP contribution in [0.1, 0.15) is 16.1 Å². The Balaban J connectivity index is 2.25. The molecule has 1 heterocycles. The minimum absolute atomic E-state index is 0.204. The van der Waals surface area contributed by atoms with E-state index in [1.165, 1.54) is 6.07 Å². The number of aromatic carboxylic acids is 1. The zero-order valence-electron chi connectivity index (χ0n) is 9.55. The molecule has 0 saturated heterocycles. The van der Waals surface area contributed by atoms with Crippen LogP contribution in [0.3, 0.4) is 0 Å². The maximum atomic E-state index is 13.4. The van der Waals surface area contributed by atoms with Gasteiger partial charge in [-0.15, -0.1) is 0 Å². The molecule has 5 heteroatoms. The standard InChI is InChI=1S/C13H10FNO3/c1-8-3-2-4-12(15-8)18-9-5-6-10(13(16)17)11(14)7-9/h2-7H,1H3,(H,16,17). The first kappa shape index (κ1) is 12.0. The van der Waals surface area contributed by atoms with Gasteiger partial charge < -0.3 is 9.84 Å². The van der Waals surface area contributed by atoms with E-state index in [4.69, 9.17) is 9.84 Å². The topological polar surface area (TPSA) is 59.4 Å². The fourth-order valence-electron chi connectivity index (χ4n) is 1.43. The van der Waals surface area contributed by atoms with Gasteiger partial charge >= 0.3 is 5.97 Å². The predicted molar refractivity (Wildman–Crippen MR) is 62.4 cm³/mol. The second-order valence-electron chi connectivity index (χ2n) is 3.67. The van der Waals surface area contributed by atoms with Crippen LogP contribution in [0.15, 0.2) is 36.4 Å². The van der Waals surface area contributed by atoms with Crippen molar-refractivity contribution in [3.63, 3.8) is 0 Å². The maximum absolute atomic E-state index is 13.4. The number of hydrogen-bond acceptors (Lipinski definition) is 3. The van der Waals surface area contributed by atoms with Gasteiger partial charge in [-0.05, 0) is 25.1 Å². The Hall–Kier alpha value is -2.43. The Morgan fingerprint density at radius 3 is 2.72 bits per heavy atom. The maximum Gasteiger partial charge on any atom is 0.338 e. The van der Waals surface area contributed by atoms with E-state index in [1.54, 1.807) is 25.1 Å². The van der Waals surface area contributed by atoms with E-state index in [0.29, 0.717) is 5.88 Å². The van der Waals surface area contributed by atoms with Gasteiger partial charge in [0, 0.05) is 17.8 Å². The smallest absolute Gasteiger partial charge is 0.338 e. The number of benzene rings is 1. The molecule has 0 spiro atoms. The number of aryl methyl sites for hydroxylation is 1. The van der Waals surface area contributed by atoms with Crippen LogP contribution < -0.4 is 4.74 Å². The number of pyridine rings is 1. The highest BCUT2D eigenvalue weighted by Gasteiger charge is 2.11. The largest absolute Gasteiger partial charge is 0.478 e. The lowest BCUT2D eigenvalue weighted by Gasteiger charge is -2.06. The third kappa shape index (κ3) is 2.63. The molecule has 0 aliphatic heterocycles. The minimum Gasteiger partial charge on any atom is -0.478 e. The second kappa shape index (κ2) is 4.83. The van der Waals surface area contributed by atoms with Gasteiger partial charge in [0.15, 0.2) is 0 Å². The van der Waals surface area contributed by atoms with Gasteiger partial charge in [-0.25, -0.2) is 14.2 Å². The Bertz CT molecular complexity index is 599. The lowest BCUT2D eigenvalue weighted by Crippen LogP contribution is -2.00. The van der Waals surface area contributed by atoms with Gasteiger partial charge in [-0.3, -0.25) is 0 Å². The molecule has 1 N–H and O–H groups in total. The number of nitrogens with zero attached hydrogens (tertiary/aromatic N) is 1. The first-order chi connectivity index (χ1) is 8.56. The van der Waals surface area contributed by atoms with Gasteiger partial charge in [0.05, 0.1) is 5.56 Å². The highest BCUT2D eigenvalue weighted by atomic mass is 19.1. The zero-order valence-corrected chi connectivity index (χ0v) is 9.55. The summed E-state index contributed by atoms with van der Waals surface area (Å²) < 4.78 is 18.7.